The van der Waals surface area contributed by atoms with Crippen LogP contribution in [0.25, 0.3) is 10.9 Å². The van der Waals surface area contributed by atoms with E-state index in [0.29, 0.717) is 51.1 Å². The van der Waals surface area contributed by atoms with Gasteiger partial charge in [0.15, 0.2) is 24.0 Å². The fourth-order valence-corrected chi connectivity index (χ4v) is 9.47. The fraction of sp³-hybridized carbons (Fsp3) is 0.656. The van der Waals surface area contributed by atoms with E-state index in [4.69, 9.17) is 23.7 Å². The normalized spacial score (nSPS) is 43.4. The van der Waals surface area contributed by atoms with Gasteiger partial charge < -0.3 is 33.8 Å². The van der Waals surface area contributed by atoms with Crippen LogP contribution in [0.15, 0.2) is 35.9 Å². The van der Waals surface area contributed by atoms with Crippen LogP contribution in [0.3, 0.4) is 0 Å². The molecule has 2 aromatic rings. The maximum atomic E-state index is 13.5. The number of hydrogen-bond donors (Lipinski definition) is 2. The van der Waals surface area contributed by atoms with E-state index < -0.39 is 34.6 Å². The third-order valence-corrected chi connectivity index (χ3v) is 11.6. The van der Waals surface area contributed by atoms with Gasteiger partial charge in [0.1, 0.15) is 11.2 Å². The summed E-state index contributed by atoms with van der Waals surface area (Å²) in [6.45, 7) is 9.88. The number of H-pyrrole nitrogens is 1. The zero-order valence-electron chi connectivity index (χ0n) is 23.7. The third-order valence-electron chi connectivity index (χ3n) is 11.6. The Morgan fingerprint density at radius 2 is 1.88 bits per heavy atom. The van der Waals surface area contributed by atoms with E-state index in [9.17, 15) is 9.90 Å². The van der Waals surface area contributed by atoms with Gasteiger partial charge in [-0.15, -0.1) is 0 Å². The number of fused-ring (bicyclic) bond motifs is 9. The highest BCUT2D eigenvalue weighted by Gasteiger charge is 2.78. The summed E-state index contributed by atoms with van der Waals surface area (Å²) in [6, 6.07) is 8.47. The average Bonchev–Trinajstić information content (AvgIpc) is 3.67. The van der Waals surface area contributed by atoms with Crippen molar-refractivity contribution >= 4 is 16.7 Å². The first-order valence-corrected chi connectivity index (χ1v) is 14.9. The van der Waals surface area contributed by atoms with E-state index in [1.807, 2.05) is 13.8 Å². The smallest absolute Gasteiger partial charge is 0.195 e. The van der Waals surface area contributed by atoms with Crippen LogP contribution in [-0.4, -0.2) is 71.2 Å². The van der Waals surface area contributed by atoms with Gasteiger partial charge in [-0.1, -0.05) is 32.0 Å². The number of ketones is 1. The minimum atomic E-state index is -1.49. The quantitative estimate of drug-likeness (QED) is 0.593. The van der Waals surface area contributed by atoms with Crippen molar-refractivity contribution in [3.05, 3.63) is 47.2 Å². The van der Waals surface area contributed by atoms with E-state index in [1.165, 1.54) is 16.6 Å². The summed E-state index contributed by atoms with van der Waals surface area (Å²) in [5, 5.41) is 14.6. The van der Waals surface area contributed by atoms with E-state index in [-0.39, 0.29) is 23.4 Å². The molecule has 2 saturated heterocycles. The molecule has 4 fully saturated rings. The lowest BCUT2D eigenvalue weighted by Crippen LogP contribution is -2.74. The van der Waals surface area contributed by atoms with Gasteiger partial charge in [-0.05, 0) is 56.7 Å². The van der Waals surface area contributed by atoms with Crippen LogP contribution >= 0.6 is 0 Å². The Kier molecular flexibility index (Phi) is 5.16. The minimum absolute atomic E-state index is 0.151. The predicted octanol–water partition coefficient (Wildman–Crippen LogP) is 4.08. The highest BCUT2D eigenvalue weighted by Crippen LogP contribution is 2.72. The number of benzene rings is 1. The van der Waals surface area contributed by atoms with Gasteiger partial charge in [0.25, 0.3) is 0 Å². The van der Waals surface area contributed by atoms with E-state index in [2.05, 4.69) is 43.1 Å². The molecule has 2 N–H and O–H groups in total. The van der Waals surface area contributed by atoms with Gasteiger partial charge in [0, 0.05) is 45.8 Å². The highest BCUT2D eigenvalue weighted by atomic mass is 16.8. The summed E-state index contributed by atoms with van der Waals surface area (Å²) < 4.78 is 31.0. The van der Waals surface area contributed by atoms with Crippen molar-refractivity contribution in [2.75, 3.05) is 19.8 Å². The molecule has 7 atom stereocenters. The summed E-state index contributed by atoms with van der Waals surface area (Å²) in [6.07, 6.45) is 3.51. The van der Waals surface area contributed by atoms with Gasteiger partial charge in [0.05, 0.1) is 25.9 Å². The van der Waals surface area contributed by atoms with Crippen LogP contribution in [0, 0.1) is 11.3 Å². The Labute approximate surface area is 234 Å². The molecule has 8 heteroatoms. The van der Waals surface area contributed by atoms with E-state index >= 15 is 0 Å². The summed E-state index contributed by atoms with van der Waals surface area (Å²) in [5.74, 6) is -1.03. The molecule has 0 radical (unpaired) electrons. The molecule has 3 aliphatic carbocycles. The number of rotatable bonds is 4. The Bertz CT molecular complexity index is 1440. The molecule has 2 bridgehead atoms. The number of nitrogens with one attached hydrogen (secondary N) is 1. The van der Waals surface area contributed by atoms with Gasteiger partial charge in [-0.3, -0.25) is 4.79 Å². The molecule has 1 unspecified atom stereocenters. The number of aliphatic hydroxyl groups is 1. The van der Waals surface area contributed by atoms with Crippen LogP contribution in [-0.2, 0) is 40.3 Å². The number of aromatic amines is 1. The predicted molar refractivity (Wildman–Crippen MR) is 146 cm³/mol. The second-order valence-electron chi connectivity index (χ2n) is 13.7. The molecule has 8 nitrogen and oxygen atoms in total. The molecule has 1 spiro atoms. The van der Waals surface area contributed by atoms with Crippen LogP contribution in [0.2, 0.25) is 0 Å². The Morgan fingerprint density at radius 3 is 2.67 bits per heavy atom. The zero-order chi connectivity index (χ0) is 27.7. The standard InChI is InChI=1S/C32H39NO7/c1-28(2)27-22(34)17-23-31(39-27,40-28)11-10-29(3)30(4)18(15-20-19-7-5-6-8-21(19)33-26(20)30)16-24(32(23,29)35)36-12-9-25-37-13-14-38-25/h5-8,17-18,24-25,27,33,35H,9-16H2,1-4H3/t18-,24+,27+,29-,30-,31?,32+/m1/s1. The Morgan fingerprint density at radius 1 is 1.10 bits per heavy atom. The second-order valence-corrected chi connectivity index (χ2v) is 13.7. The molecule has 1 aromatic heterocycles. The first-order valence-electron chi connectivity index (χ1n) is 14.9. The second kappa shape index (κ2) is 8.06. The maximum absolute atomic E-state index is 13.5. The van der Waals surface area contributed by atoms with E-state index in [0.717, 1.165) is 11.9 Å². The van der Waals surface area contributed by atoms with Crippen LogP contribution in [0.4, 0.5) is 0 Å². The van der Waals surface area contributed by atoms with Crippen molar-refractivity contribution < 1.29 is 33.6 Å². The average molecular weight is 550 g/mol. The van der Waals surface area contributed by atoms with Crippen molar-refractivity contribution in [3.63, 3.8) is 0 Å². The molecule has 8 rings (SSSR count). The third kappa shape index (κ3) is 2.95. The number of ether oxygens (including phenoxy) is 5. The van der Waals surface area contributed by atoms with Gasteiger partial charge >= 0.3 is 0 Å². The lowest BCUT2D eigenvalue weighted by molar-refractivity contribution is -0.281. The number of hydrogen-bond acceptors (Lipinski definition) is 7. The monoisotopic (exact) mass is 549 g/mol. The van der Waals surface area contributed by atoms with Crippen LogP contribution in [0.5, 0.6) is 0 Å². The lowest BCUT2D eigenvalue weighted by Gasteiger charge is -2.67. The summed E-state index contributed by atoms with van der Waals surface area (Å²) in [4.78, 5) is 17.3. The minimum Gasteiger partial charge on any atom is -0.382 e. The Balaban J connectivity index is 1.27. The first-order chi connectivity index (χ1) is 19.0. The van der Waals surface area contributed by atoms with Crippen LogP contribution < -0.4 is 0 Å². The van der Waals surface area contributed by atoms with E-state index in [1.54, 1.807) is 6.08 Å². The number of carbonyl (C=O) groups excluding carboxylic acids is 1. The molecule has 2 saturated carbocycles. The summed E-state index contributed by atoms with van der Waals surface area (Å²) >= 11 is 0. The molecular weight excluding hydrogens is 510 g/mol. The molecule has 0 amide bonds. The Hall–Kier alpha value is -2.07. The zero-order valence-corrected chi connectivity index (χ0v) is 23.7. The molecule has 1 aromatic carbocycles. The lowest BCUT2D eigenvalue weighted by atomic mass is 9.41. The van der Waals surface area contributed by atoms with Crippen molar-refractivity contribution in [1.29, 1.82) is 0 Å². The van der Waals surface area contributed by atoms with Gasteiger partial charge in [-0.25, -0.2) is 0 Å². The summed E-state index contributed by atoms with van der Waals surface area (Å²) in [5.41, 5.74) is 0.872. The highest BCUT2D eigenvalue weighted by molar-refractivity contribution is 5.97. The SMILES string of the molecule is CC1(C)OC23CC[C@]4(C)[C@@]5(C)c6[nH]c7ccccc7c6C[C@@H]5C[C@H](OCCC5OCCO5)[C@@]4(O)C2=CC(=O)[C@@H]1O3. The largest absolute Gasteiger partial charge is 0.382 e. The molecule has 4 heterocycles. The maximum Gasteiger partial charge on any atom is 0.195 e. The van der Waals surface area contributed by atoms with Crippen molar-refractivity contribution in [1.82, 2.24) is 4.98 Å². The van der Waals surface area contributed by atoms with Crippen molar-refractivity contribution in [2.45, 2.75) is 101 Å². The molecule has 40 heavy (non-hydrogen) atoms. The summed E-state index contributed by atoms with van der Waals surface area (Å²) in [7, 11) is 0. The topological polar surface area (TPSA) is 99.2 Å². The van der Waals surface area contributed by atoms with Gasteiger partial charge in [0.2, 0.25) is 0 Å². The molecular formula is C32H39NO7. The van der Waals surface area contributed by atoms with Gasteiger partial charge in [-0.2, -0.15) is 0 Å². The number of para-hydroxylation sites is 1. The molecule has 3 aliphatic heterocycles. The number of carbonyl (C=O) groups is 1. The molecule has 214 valence electrons. The molecule has 6 aliphatic rings. The van der Waals surface area contributed by atoms with Crippen molar-refractivity contribution in [2.24, 2.45) is 11.3 Å². The van der Waals surface area contributed by atoms with Crippen LogP contribution in [0.1, 0.15) is 64.6 Å². The van der Waals surface area contributed by atoms with Crippen molar-refractivity contribution in [3.8, 4) is 0 Å². The number of aromatic nitrogens is 1. The first kappa shape index (κ1) is 25.6. The fourth-order valence-electron chi connectivity index (χ4n) is 9.47.